The molecule has 1 N–H and O–H groups in total. The van der Waals surface area contributed by atoms with Crippen molar-refractivity contribution in [2.45, 2.75) is 30.8 Å². The zero-order chi connectivity index (χ0) is 18.1. The zero-order valence-electron chi connectivity index (χ0n) is 13.7. The summed E-state index contributed by atoms with van der Waals surface area (Å²) in [5, 5.41) is 1.89. The van der Waals surface area contributed by atoms with Gasteiger partial charge in [-0.05, 0) is 25.3 Å². The zero-order valence-corrected chi connectivity index (χ0v) is 14.5. The van der Waals surface area contributed by atoms with Crippen LogP contribution in [-0.2, 0) is 19.1 Å². The lowest BCUT2D eigenvalue weighted by Gasteiger charge is -2.12. The molecule has 0 heterocycles. The van der Waals surface area contributed by atoms with Crippen molar-refractivity contribution in [2.24, 2.45) is 0 Å². The maximum Gasteiger partial charge on any atom is 0.413 e. The molecule has 0 aliphatic rings. The van der Waals surface area contributed by atoms with E-state index in [0.29, 0.717) is 5.56 Å². The van der Waals surface area contributed by atoms with Crippen molar-refractivity contribution in [2.75, 3.05) is 13.4 Å². The molecule has 0 saturated carbocycles. The first-order valence-corrected chi connectivity index (χ1v) is 8.35. The number of imide groups is 1. The number of alkyl carbamates (subject to hydrolysis) is 1. The number of thioether (sulfide) groups is 1. The van der Waals surface area contributed by atoms with Gasteiger partial charge in [-0.3, -0.25) is 19.7 Å². The Morgan fingerprint density at radius 3 is 2.29 bits per heavy atom. The van der Waals surface area contributed by atoms with E-state index in [4.69, 9.17) is 4.74 Å². The van der Waals surface area contributed by atoms with E-state index in [1.54, 1.807) is 23.9 Å². The fourth-order valence-electron chi connectivity index (χ4n) is 1.70. The summed E-state index contributed by atoms with van der Waals surface area (Å²) in [7, 11) is 1.11. The molecule has 7 nitrogen and oxygen atoms in total. The molecular formula is C16H19NO6S. The molecular weight excluding hydrogens is 334 g/mol. The standard InChI is InChI=1S/C16H19NO6S/c1-10(15(20)17-16(21)22-2)23-14(19)9-8-13(18)11-4-6-12(24-3)7-5-11/h4-7,10H,8-9H2,1-3H3,(H,17,20,21)/t10-/m0/s1. The SMILES string of the molecule is COC(=O)NC(=O)[C@H](C)OC(=O)CCC(=O)c1ccc(SC)cc1. The molecule has 24 heavy (non-hydrogen) atoms. The van der Waals surface area contributed by atoms with Crippen molar-refractivity contribution in [1.29, 1.82) is 0 Å². The van der Waals surface area contributed by atoms with Crippen LogP contribution in [0.1, 0.15) is 30.1 Å². The summed E-state index contributed by atoms with van der Waals surface area (Å²) < 4.78 is 9.13. The van der Waals surface area contributed by atoms with Gasteiger partial charge in [0.1, 0.15) is 0 Å². The number of nitrogens with one attached hydrogen (secondary N) is 1. The quantitative estimate of drug-likeness (QED) is 0.456. The lowest BCUT2D eigenvalue weighted by Crippen LogP contribution is -2.39. The minimum atomic E-state index is -1.16. The Morgan fingerprint density at radius 1 is 1.12 bits per heavy atom. The van der Waals surface area contributed by atoms with E-state index in [0.717, 1.165) is 12.0 Å². The first-order chi connectivity index (χ1) is 11.4. The van der Waals surface area contributed by atoms with Crippen LogP contribution in [0.2, 0.25) is 0 Å². The number of carbonyl (C=O) groups excluding carboxylic acids is 4. The molecule has 2 amide bonds. The van der Waals surface area contributed by atoms with E-state index in [-0.39, 0.29) is 18.6 Å². The van der Waals surface area contributed by atoms with E-state index in [9.17, 15) is 19.2 Å². The first-order valence-electron chi connectivity index (χ1n) is 7.13. The molecule has 130 valence electrons. The number of benzene rings is 1. The number of rotatable bonds is 7. The number of amides is 2. The number of esters is 1. The molecule has 0 spiro atoms. The molecule has 0 aliphatic carbocycles. The highest BCUT2D eigenvalue weighted by Crippen LogP contribution is 2.16. The summed E-state index contributed by atoms with van der Waals surface area (Å²) in [4.78, 5) is 47.1. The van der Waals surface area contributed by atoms with Crippen LogP contribution in [0.4, 0.5) is 4.79 Å². The van der Waals surface area contributed by atoms with Crippen LogP contribution >= 0.6 is 11.8 Å². The average molecular weight is 353 g/mol. The van der Waals surface area contributed by atoms with Gasteiger partial charge in [0.25, 0.3) is 5.91 Å². The highest BCUT2D eigenvalue weighted by Gasteiger charge is 2.20. The lowest BCUT2D eigenvalue weighted by molar-refractivity contribution is -0.154. The number of ketones is 1. The van der Waals surface area contributed by atoms with Gasteiger partial charge < -0.3 is 9.47 Å². The Kier molecular flexibility index (Phi) is 7.97. The molecule has 1 atom stereocenters. The van der Waals surface area contributed by atoms with Crippen molar-refractivity contribution in [3.8, 4) is 0 Å². The number of hydrogen-bond donors (Lipinski definition) is 1. The van der Waals surface area contributed by atoms with Crippen LogP contribution in [0.15, 0.2) is 29.2 Å². The smallest absolute Gasteiger partial charge is 0.413 e. The Bertz CT molecular complexity index is 613. The van der Waals surface area contributed by atoms with Crippen molar-refractivity contribution in [3.05, 3.63) is 29.8 Å². The van der Waals surface area contributed by atoms with E-state index in [1.165, 1.54) is 6.92 Å². The van der Waals surface area contributed by atoms with E-state index in [1.807, 2.05) is 23.7 Å². The number of ether oxygens (including phenoxy) is 2. The Morgan fingerprint density at radius 2 is 1.75 bits per heavy atom. The van der Waals surface area contributed by atoms with E-state index >= 15 is 0 Å². The summed E-state index contributed by atoms with van der Waals surface area (Å²) in [6, 6.07) is 7.06. The predicted octanol–water partition coefficient (Wildman–Crippen LogP) is 2.19. The topological polar surface area (TPSA) is 98.8 Å². The molecule has 0 unspecified atom stereocenters. The predicted molar refractivity (Wildman–Crippen MR) is 87.9 cm³/mol. The van der Waals surface area contributed by atoms with Gasteiger partial charge in [0.05, 0.1) is 13.5 Å². The minimum Gasteiger partial charge on any atom is -0.453 e. The van der Waals surface area contributed by atoms with Crippen LogP contribution in [0.5, 0.6) is 0 Å². The minimum absolute atomic E-state index is 0.0250. The van der Waals surface area contributed by atoms with Crippen molar-refractivity contribution < 1.29 is 28.7 Å². The van der Waals surface area contributed by atoms with Crippen LogP contribution in [0, 0.1) is 0 Å². The third kappa shape index (κ3) is 6.41. The summed E-state index contributed by atoms with van der Waals surface area (Å²) in [5.41, 5.74) is 0.511. The number of hydrogen-bond acceptors (Lipinski definition) is 7. The molecule has 0 radical (unpaired) electrons. The molecule has 0 fully saturated rings. The molecule has 0 bridgehead atoms. The third-order valence-electron chi connectivity index (χ3n) is 3.06. The summed E-state index contributed by atoms with van der Waals surface area (Å²) >= 11 is 1.57. The molecule has 0 saturated heterocycles. The lowest BCUT2D eigenvalue weighted by atomic mass is 10.1. The van der Waals surface area contributed by atoms with Gasteiger partial charge in [-0.2, -0.15) is 0 Å². The van der Waals surface area contributed by atoms with Crippen LogP contribution in [-0.4, -0.2) is 43.2 Å². The summed E-state index contributed by atoms with van der Waals surface area (Å²) in [6.07, 6.45) is -0.342. The molecule has 1 aromatic carbocycles. The van der Waals surface area contributed by atoms with Crippen LogP contribution < -0.4 is 5.32 Å². The molecule has 1 rings (SSSR count). The molecule has 8 heteroatoms. The van der Waals surface area contributed by atoms with Gasteiger partial charge >= 0.3 is 12.1 Å². The normalized spacial score (nSPS) is 11.3. The molecule has 0 aromatic heterocycles. The Balaban J connectivity index is 2.43. The summed E-state index contributed by atoms with van der Waals surface area (Å²) in [5.74, 6) is -1.68. The maximum absolute atomic E-state index is 12.0. The Labute approximate surface area is 144 Å². The van der Waals surface area contributed by atoms with Crippen molar-refractivity contribution >= 4 is 35.5 Å². The average Bonchev–Trinajstić information content (AvgIpc) is 2.59. The highest BCUT2D eigenvalue weighted by molar-refractivity contribution is 7.98. The monoisotopic (exact) mass is 353 g/mol. The van der Waals surface area contributed by atoms with Crippen LogP contribution in [0.25, 0.3) is 0 Å². The largest absolute Gasteiger partial charge is 0.453 e. The highest BCUT2D eigenvalue weighted by atomic mass is 32.2. The van der Waals surface area contributed by atoms with Gasteiger partial charge in [0, 0.05) is 16.9 Å². The third-order valence-corrected chi connectivity index (χ3v) is 3.80. The maximum atomic E-state index is 12.0. The van der Waals surface area contributed by atoms with Crippen molar-refractivity contribution in [3.63, 3.8) is 0 Å². The van der Waals surface area contributed by atoms with Crippen LogP contribution in [0.3, 0.4) is 0 Å². The molecule has 1 aromatic rings. The molecule has 0 aliphatic heterocycles. The van der Waals surface area contributed by atoms with E-state index < -0.39 is 24.1 Å². The van der Waals surface area contributed by atoms with Gasteiger partial charge in [0.15, 0.2) is 11.9 Å². The van der Waals surface area contributed by atoms with Gasteiger partial charge in [-0.15, -0.1) is 11.8 Å². The van der Waals surface area contributed by atoms with E-state index in [2.05, 4.69) is 4.74 Å². The van der Waals surface area contributed by atoms with Gasteiger partial charge in [0.2, 0.25) is 0 Å². The number of Topliss-reactive ketones (excluding diaryl/α,β-unsaturated/α-hetero) is 1. The summed E-state index contributed by atoms with van der Waals surface area (Å²) in [6.45, 7) is 1.32. The second kappa shape index (κ2) is 9.71. The fraction of sp³-hybridized carbons (Fsp3) is 0.375. The van der Waals surface area contributed by atoms with Gasteiger partial charge in [-0.1, -0.05) is 12.1 Å². The first kappa shape index (κ1) is 19.7. The Hall–Kier alpha value is -2.35. The number of methoxy groups -OCH3 is 1. The van der Waals surface area contributed by atoms with Crippen molar-refractivity contribution in [1.82, 2.24) is 5.32 Å². The van der Waals surface area contributed by atoms with Gasteiger partial charge in [-0.25, -0.2) is 4.79 Å². The second-order valence-electron chi connectivity index (χ2n) is 4.76. The number of carbonyl (C=O) groups is 4. The fourth-order valence-corrected chi connectivity index (χ4v) is 2.11. The second-order valence-corrected chi connectivity index (χ2v) is 5.64.